The molecule has 0 aliphatic rings. The van der Waals surface area contributed by atoms with Crippen LogP contribution >= 0.6 is 11.6 Å². The van der Waals surface area contributed by atoms with E-state index in [1.807, 2.05) is 0 Å². The van der Waals surface area contributed by atoms with Gasteiger partial charge in [0.2, 0.25) is 0 Å². The summed E-state index contributed by atoms with van der Waals surface area (Å²) >= 11 is 5.79. The molecule has 0 unspecified atom stereocenters. The third-order valence-electron chi connectivity index (χ3n) is 2.90. The van der Waals surface area contributed by atoms with E-state index in [2.05, 4.69) is 15.8 Å². The fourth-order valence-corrected chi connectivity index (χ4v) is 1.94. The van der Waals surface area contributed by atoms with Gasteiger partial charge in [0.25, 0.3) is 11.8 Å². The molecular formula is C16H14ClN3O4. The van der Waals surface area contributed by atoms with Crippen molar-refractivity contribution in [1.82, 2.24) is 10.7 Å². The third-order valence-corrected chi connectivity index (χ3v) is 3.14. The van der Waals surface area contributed by atoms with Gasteiger partial charge in [-0.1, -0.05) is 17.7 Å². The quantitative estimate of drug-likeness (QED) is 0.486. The summed E-state index contributed by atoms with van der Waals surface area (Å²) in [5.41, 5.74) is 2.86. The Morgan fingerprint density at radius 1 is 1.17 bits per heavy atom. The van der Waals surface area contributed by atoms with Crippen LogP contribution in [-0.2, 0) is 4.79 Å². The molecule has 2 aromatic rings. The highest BCUT2D eigenvalue weighted by molar-refractivity contribution is 6.30. The van der Waals surface area contributed by atoms with Gasteiger partial charge in [0.05, 0.1) is 12.8 Å². The molecule has 7 nitrogen and oxygen atoms in total. The molecule has 2 rings (SSSR count). The van der Waals surface area contributed by atoms with Gasteiger partial charge in [0.1, 0.15) is 11.5 Å². The van der Waals surface area contributed by atoms with Crippen LogP contribution in [0.15, 0.2) is 47.6 Å². The molecule has 0 spiro atoms. The van der Waals surface area contributed by atoms with Crippen molar-refractivity contribution >= 4 is 29.6 Å². The van der Waals surface area contributed by atoms with Gasteiger partial charge < -0.3 is 15.5 Å². The van der Waals surface area contributed by atoms with E-state index in [1.54, 1.807) is 18.2 Å². The lowest BCUT2D eigenvalue weighted by Crippen LogP contribution is -2.34. The highest BCUT2D eigenvalue weighted by Gasteiger charge is 2.08. The van der Waals surface area contributed by atoms with Gasteiger partial charge in [-0.25, -0.2) is 5.43 Å². The smallest absolute Gasteiger partial charge is 0.259 e. The van der Waals surface area contributed by atoms with Crippen molar-refractivity contribution < 1.29 is 19.8 Å². The summed E-state index contributed by atoms with van der Waals surface area (Å²) in [6.07, 6.45) is 1.21. The summed E-state index contributed by atoms with van der Waals surface area (Å²) in [5.74, 6) is -1.24. The number of phenols is 2. The van der Waals surface area contributed by atoms with E-state index in [-0.39, 0.29) is 18.0 Å². The molecule has 24 heavy (non-hydrogen) atoms. The highest BCUT2D eigenvalue weighted by Crippen LogP contribution is 2.20. The number of hydrogen-bond acceptors (Lipinski definition) is 5. The van der Waals surface area contributed by atoms with Crippen molar-refractivity contribution in [3.63, 3.8) is 0 Å². The minimum atomic E-state index is -0.542. The van der Waals surface area contributed by atoms with Gasteiger partial charge in [-0.05, 0) is 30.3 Å². The normalized spacial score (nSPS) is 10.5. The zero-order chi connectivity index (χ0) is 17.5. The number of halogens is 1. The summed E-state index contributed by atoms with van der Waals surface area (Å²) in [5, 5.41) is 25.2. The molecule has 4 N–H and O–H groups in total. The van der Waals surface area contributed by atoms with Crippen molar-refractivity contribution in [2.24, 2.45) is 5.10 Å². The zero-order valence-electron chi connectivity index (χ0n) is 12.4. The maximum Gasteiger partial charge on any atom is 0.259 e. The molecule has 0 heterocycles. The fraction of sp³-hybridized carbons (Fsp3) is 0.0625. The van der Waals surface area contributed by atoms with Gasteiger partial charge in [-0.3, -0.25) is 9.59 Å². The lowest BCUT2D eigenvalue weighted by Gasteiger charge is -2.04. The van der Waals surface area contributed by atoms with Crippen LogP contribution < -0.4 is 10.7 Å². The first-order valence-electron chi connectivity index (χ1n) is 6.83. The van der Waals surface area contributed by atoms with Gasteiger partial charge in [-0.15, -0.1) is 0 Å². The van der Waals surface area contributed by atoms with E-state index >= 15 is 0 Å². The summed E-state index contributed by atoms with van der Waals surface area (Å²) in [7, 11) is 0. The Balaban J connectivity index is 1.83. The Hall–Kier alpha value is -3.06. The third kappa shape index (κ3) is 4.99. The number of hydrogen-bond donors (Lipinski definition) is 4. The predicted octanol–water partition coefficient (Wildman–Crippen LogP) is 1.63. The number of hydrazone groups is 1. The first-order valence-corrected chi connectivity index (χ1v) is 7.21. The molecule has 0 bridgehead atoms. The molecule has 0 fully saturated rings. The van der Waals surface area contributed by atoms with Crippen molar-refractivity contribution in [1.29, 1.82) is 0 Å². The minimum absolute atomic E-state index is 0.0857. The fourth-order valence-electron chi connectivity index (χ4n) is 1.75. The lowest BCUT2D eigenvalue weighted by atomic mass is 10.2. The number of rotatable bonds is 5. The van der Waals surface area contributed by atoms with Crippen molar-refractivity contribution in [2.45, 2.75) is 0 Å². The number of carbonyl (C=O) groups is 2. The molecule has 2 amide bonds. The van der Waals surface area contributed by atoms with E-state index in [0.717, 1.165) is 6.07 Å². The second-order valence-corrected chi connectivity index (χ2v) is 5.17. The van der Waals surface area contributed by atoms with Crippen LogP contribution in [0.4, 0.5) is 0 Å². The Kier molecular flexibility index (Phi) is 5.75. The zero-order valence-corrected chi connectivity index (χ0v) is 13.1. The highest BCUT2D eigenvalue weighted by atomic mass is 35.5. The van der Waals surface area contributed by atoms with Gasteiger partial charge in [-0.2, -0.15) is 5.10 Å². The molecule has 0 saturated carbocycles. The van der Waals surface area contributed by atoms with Crippen LogP contribution in [-0.4, -0.2) is 34.8 Å². The monoisotopic (exact) mass is 347 g/mol. The molecule has 8 heteroatoms. The number of nitrogens with one attached hydrogen (secondary N) is 2. The van der Waals surface area contributed by atoms with E-state index < -0.39 is 11.8 Å². The molecule has 2 aromatic carbocycles. The number of phenolic OH excluding ortho intramolecular Hbond substituents is 2. The number of aromatic hydroxyl groups is 2. The second-order valence-electron chi connectivity index (χ2n) is 4.73. The standard InChI is InChI=1S/C16H14ClN3O4/c17-12-3-1-2-10(6-12)16(24)18-9-15(23)20-19-8-11-4-5-13(21)7-14(11)22/h1-8,21-22H,9H2,(H,18,24)(H,20,23)/b19-8+. The van der Waals surface area contributed by atoms with Crippen LogP contribution in [0.3, 0.4) is 0 Å². The second kappa shape index (κ2) is 7.98. The maximum absolute atomic E-state index is 11.8. The summed E-state index contributed by atoms with van der Waals surface area (Å²) in [6.45, 7) is -0.274. The molecular weight excluding hydrogens is 334 g/mol. The molecule has 0 aromatic heterocycles. The predicted molar refractivity (Wildman–Crippen MR) is 89.3 cm³/mol. The van der Waals surface area contributed by atoms with E-state index in [9.17, 15) is 14.7 Å². The SMILES string of the molecule is O=C(CNC(=O)c1cccc(Cl)c1)N/N=C/c1ccc(O)cc1O. The average molecular weight is 348 g/mol. The molecule has 0 aliphatic heterocycles. The lowest BCUT2D eigenvalue weighted by molar-refractivity contribution is -0.120. The first kappa shape index (κ1) is 17.3. The number of nitrogens with zero attached hydrogens (tertiary/aromatic N) is 1. The molecule has 0 radical (unpaired) electrons. The van der Waals surface area contributed by atoms with Gasteiger partial charge in [0, 0.05) is 22.2 Å². The minimum Gasteiger partial charge on any atom is -0.508 e. The Bertz CT molecular complexity index is 793. The van der Waals surface area contributed by atoms with E-state index in [0.29, 0.717) is 16.1 Å². The number of amides is 2. The van der Waals surface area contributed by atoms with E-state index in [1.165, 1.54) is 24.4 Å². The summed E-state index contributed by atoms with van der Waals surface area (Å²) < 4.78 is 0. The van der Waals surface area contributed by atoms with Crippen LogP contribution in [0.25, 0.3) is 0 Å². The number of benzene rings is 2. The first-order chi connectivity index (χ1) is 11.5. The van der Waals surface area contributed by atoms with Crippen LogP contribution in [0.5, 0.6) is 11.5 Å². The Labute approximate surface area is 142 Å². The Morgan fingerprint density at radius 2 is 1.96 bits per heavy atom. The van der Waals surface area contributed by atoms with Crippen molar-refractivity contribution in [3.05, 3.63) is 58.6 Å². The molecule has 0 atom stereocenters. The van der Waals surface area contributed by atoms with E-state index in [4.69, 9.17) is 16.7 Å². The average Bonchev–Trinajstić information content (AvgIpc) is 2.54. The van der Waals surface area contributed by atoms with Gasteiger partial charge >= 0.3 is 0 Å². The van der Waals surface area contributed by atoms with Crippen molar-refractivity contribution in [2.75, 3.05) is 6.54 Å². The van der Waals surface area contributed by atoms with Crippen LogP contribution in [0.1, 0.15) is 15.9 Å². The molecule has 124 valence electrons. The Morgan fingerprint density at radius 3 is 2.67 bits per heavy atom. The topological polar surface area (TPSA) is 111 Å². The molecule has 0 saturated heterocycles. The summed E-state index contributed by atoms with van der Waals surface area (Å²) in [6, 6.07) is 10.3. The van der Waals surface area contributed by atoms with Gasteiger partial charge in [0.15, 0.2) is 0 Å². The van der Waals surface area contributed by atoms with Crippen LogP contribution in [0.2, 0.25) is 5.02 Å². The molecule has 0 aliphatic carbocycles. The largest absolute Gasteiger partial charge is 0.508 e. The maximum atomic E-state index is 11.8. The summed E-state index contributed by atoms with van der Waals surface area (Å²) in [4.78, 5) is 23.4. The van der Waals surface area contributed by atoms with Crippen LogP contribution in [0, 0.1) is 0 Å². The number of carbonyl (C=O) groups excluding carboxylic acids is 2. The van der Waals surface area contributed by atoms with Crippen molar-refractivity contribution in [3.8, 4) is 11.5 Å².